The lowest BCUT2D eigenvalue weighted by atomic mass is 10.1. The van der Waals surface area contributed by atoms with E-state index in [0.29, 0.717) is 6.42 Å². The molecule has 0 aliphatic carbocycles. The van der Waals surface area contributed by atoms with Crippen molar-refractivity contribution in [3.05, 3.63) is 0 Å². The molecule has 0 bridgehead atoms. The molecule has 0 rings (SSSR count). The first-order chi connectivity index (χ1) is 5.56. The molecule has 0 aliphatic heterocycles. The van der Waals surface area contributed by atoms with Crippen LogP contribution in [0.1, 0.15) is 26.7 Å². The number of hydrogen-bond acceptors (Lipinski definition) is 3. The van der Waals surface area contributed by atoms with E-state index in [0.717, 1.165) is 6.54 Å². The van der Waals surface area contributed by atoms with E-state index in [1.54, 1.807) is 0 Å². The highest BCUT2D eigenvalue weighted by Gasteiger charge is 2.12. The van der Waals surface area contributed by atoms with E-state index in [4.69, 9.17) is 5.73 Å². The molecule has 0 aromatic heterocycles. The Morgan fingerprint density at radius 3 is 2.33 bits per heavy atom. The van der Waals surface area contributed by atoms with Crippen LogP contribution < -0.4 is 11.1 Å². The monoisotopic (exact) mass is 172 g/mol. The molecule has 70 valence electrons. The summed E-state index contributed by atoms with van der Waals surface area (Å²) in [6.45, 7) is 4.17. The van der Waals surface area contributed by atoms with Crippen LogP contribution in [0, 0.1) is 0 Å². The van der Waals surface area contributed by atoms with Gasteiger partial charge in [-0.25, -0.2) is 0 Å². The van der Waals surface area contributed by atoms with Gasteiger partial charge in [0.15, 0.2) is 0 Å². The third kappa shape index (κ3) is 5.85. The van der Waals surface area contributed by atoms with Gasteiger partial charge in [-0.1, -0.05) is 6.92 Å². The Morgan fingerprint density at radius 2 is 2.00 bits per heavy atom. The molecule has 0 spiro atoms. The SMILES string of the molecule is CCNC(CC(C)=O)CC(N)=O. The van der Waals surface area contributed by atoms with E-state index >= 15 is 0 Å². The number of ketones is 1. The molecule has 1 amide bonds. The van der Waals surface area contributed by atoms with E-state index in [2.05, 4.69) is 5.32 Å². The highest BCUT2D eigenvalue weighted by Crippen LogP contribution is 1.97. The van der Waals surface area contributed by atoms with Gasteiger partial charge in [-0.3, -0.25) is 9.59 Å². The maximum atomic E-state index is 10.7. The summed E-state index contributed by atoms with van der Waals surface area (Å²) in [6, 6.07) is -0.0926. The van der Waals surface area contributed by atoms with E-state index in [1.165, 1.54) is 6.92 Å². The number of nitrogens with one attached hydrogen (secondary N) is 1. The summed E-state index contributed by atoms with van der Waals surface area (Å²) in [5.41, 5.74) is 5.01. The van der Waals surface area contributed by atoms with Crippen molar-refractivity contribution in [2.45, 2.75) is 32.7 Å². The molecule has 0 aliphatic rings. The van der Waals surface area contributed by atoms with E-state index in [9.17, 15) is 9.59 Å². The Morgan fingerprint density at radius 1 is 1.42 bits per heavy atom. The molecular formula is C8H16N2O2. The standard InChI is InChI=1S/C8H16N2O2/c1-3-10-7(4-6(2)11)5-8(9)12/h7,10H,3-5H2,1-2H3,(H2,9,12). The van der Waals surface area contributed by atoms with Gasteiger partial charge in [0.2, 0.25) is 5.91 Å². The van der Waals surface area contributed by atoms with E-state index in [1.807, 2.05) is 6.92 Å². The largest absolute Gasteiger partial charge is 0.370 e. The molecule has 0 heterocycles. The topological polar surface area (TPSA) is 72.2 Å². The predicted molar refractivity (Wildman–Crippen MR) is 46.6 cm³/mol. The summed E-state index contributed by atoms with van der Waals surface area (Å²) in [4.78, 5) is 21.3. The first-order valence-corrected chi connectivity index (χ1v) is 4.07. The molecular weight excluding hydrogens is 156 g/mol. The van der Waals surface area contributed by atoms with Gasteiger partial charge in [-0.2, -0.15) is 0 Å². The summed E-state index contributed by atoms with van der Waals surface area (Å²) in [5, 5.41) is 3.02. The summed E-state index contributed by atoms with van der Waals surface area (Å²) >= 11 is 0. The number of carbonyl (C=O) groups excluding carboxylic acids is 2. The van der Waals surface area contributed by atoms with Crippen LogP contribution in [-0.4, -0.2) is 24.3 Å². The molecule has 1 unspecified atom stereocenters. The molecule has 0 fully saturated rings. The number of carbonyl (C=O) groups is 2. The summed E-state index contributed by atoms with van der Waals surface area (Å²) < 4.78 is 0. The van der Waals surface area contributed by atoms with Crippen molar-refractivity contribution in [3.63, 3.8) is 0 Å². The molecule has 0 saturated heterocycles. The lowest BCUT2D eigenvalue weighted by Gasteiger charge is -2.13. The number of hydrogen-bond donors (Lipinski definition) is 2. The molecule has 12 heavy (non-hydrogen) atoms. The van der Waals surface area contributed by atoms with Gasteiger partial charge in [-0.05, 0) is 13.5 Å². The maximum absolute atomic E-state index is 10.7. The molecule has 0 aromatic carbocycles. The van der Waals surface area contributed by atoms with Crippen molar-refractivity contribution >= 4 is 11.7 Å². The van der Waals surface area contributed by atoms with Gasteiger partial charge in [0, 0.05) is 18.9 Å². The van der Waals surface area contributed by atoms with Gasteiger partial charge in [0.25, 0.3) is 0 Å². The Bertz CT molecular complexity index is 152. The van der Waals surface area contributed by atoms with Crippen molar-refractivity contribution in [2.75, 3.05) is 6.54 Å². The van der Waals surface area contributed by atoms with Crippen molar-refractivity contribution in [1.29, 1.82) is 0 Å². The average molecular weight is 172 g/mol. The normalized spacial score (nSPS) is 12.5. The first kappa shape index (κ1) is 11.1. The fraction of sp³-hybridized carbons (Fsp3) is 0.750. The smallest absolute Gasteiger partial charge is 0.218 e. The molecule has 4 heteroatoms. The third-order valence-corrected chi connectivity index (χ3v) is 1.47. The number of primary amides is 1. The average Bonchev–Trinajstić information content (AvgIpc) is 1.84. The predicted octanol–water partition coefficient (Wildman–Crippen LogP) is -0.181. The Balaban J connectivity index is 3.85. The van der Waals surface area contributed by atoms with Crippen LogP contribution >= 0.6 is 0 Å². The van der Waals surface area contributed by atoms with Gasteiger partial charge in [0.05, 0.1) is 0 Å². The van der Waals surface area contributed by atoms with Crippen LogP contribution in [0.25, 0.3) is 0 Å². The van der Waals surface area contributed by atoms with Crippen LogP contribution in [0.4, 0.5) is 0 Å². The van der Waals surface area contributed by atoms with Gasteiger partial charge in [0.1, 0.15) is 5.78 Å². The fourth-order valence-electron chi connectivity index (χ4n) is 1.10. The second-order valence-electron chi connectivity index (χ2n) is 2.83. The Kier molecular flexibility index (Phi) is 5.28. The van der Waals surface area contributed by atoms with Crippen LogP contribution in [0.3, 0.4) is 0 Å². The molecule has 0 radical (unpaired) electrons. The summed E-state index contributed by atoms with van der Waals surface area (Å²) in [7, 11) is 0. The Hall–Kier alpha value is -0.900. The highest BCUT2D eigenvalue weighted by atomic mass is 16.1. The Labute approximate surface area is 72.5 Å². The summed E-state index contributed by atoms with van der Waals surface area (Å²) in [5.74, 6) is -0.301. The number of rotatable bonds is 6. The molecule has 0 aromatic rings. The lowest BCUT2D eigenvalue weighted by Crippen LogP contribution is -2.34. The van der Waals surface area contributed by atoms with E-state index < -0.39 is 0 Å². The minimum Gasteiger partial charge on any atom is -0.370 e. The van der Waals surface area contributed by atoms with Crippen LogP contribution in [0.5, 0.6) is 0 Å². The molecule has 0 saturated carbocycles. The zero-order valence-corrected chi connectivity index (χ0v) is 7.59. The van der Waals surface area contributed by atoms with Crippen molar-refractivity contribution in [2.24, 2.45) is 5.73 Å². The first-order valence-electron chi connectivity index (χ1n) is 4.07. The minimum absolute atomic E-state index is 0.0715. The van der Waals surface area contributed by atoms with Crippen molar-refractivity contribution < 1.29 is 9.59 Å². The van der Waals surface area contributed by atoms with E-state index in [-0.39, 0.29) is 24.2 Å². The quantitative estimate of drug-likeness (QED) is 0.583. The van der Waals surface area contributed by atoms with Gasteiger partial charge >= 0.3 is 0 Å². The van der Waals surface area contributed by atoms with Crippen molar-refractivity contribution in [3.8, 4) is 0 Å². The van der Waals surface area contributed by atoms with Crippen LogP contribution in [0.2, 0.25) is 0 Å². The third-order valence-electron chi connectivity index (χ3n) is 1.47. The maximum Gasteiger partial charge on any atom is 0.218 e. The molecule has 4 nitrogen and oxygen atoms in total. The number of amides is 1. The van der Waals surface area contributed by atoms with Gasteiger partial charge in [-0.15, -0.1) is 0 Å². The van der Waals surface area contributed by atoms with Crippen molar-refractivity contribution in [1.82, 2.24) is 5.32 Å². The molecule has 1 atom stereocenters. The lowest BCUT2D eigenvalue weighted by molar-refractivity contribution is -0.119. The second-order valence-corrected chi connectivity index (χ2v) is 2.83. The minimum atomic E-state index is -0.373. The van der Waals surface area contributed by atoms with Crippen LogP contribution in [-0.2, 0) is 9.59 Å². The second kappa shape index (κ2) is 5.71. The van der Waals surface area contributed by atoms with Crippen LogP contribution in [0.15, 0.2) is 0 Å². The highest BCUT2D eigenvalue weighted by molar-refractivity contribution is 5.79. The zero-order chi connectivity index (χ0) is 9.56. The summed E-state index contributed by atoms with van der Waals surface area (Å²) in [6.07, 6.45) is 0.601. The zero-order valence-electron chi connectivity index (χ0n) is 7.59. The number of Topliss-reactive ketones (excluding diaryl/α,β-unsaturated/α-hetero) is 1. The molecule has 3 N–H and O–H groups in total. The fourth-order valence-corrected chi connectivity index (χ4v) is 1.10. The van der Waals surface area contributed by atoms with Gasteiger partial charge < -0.3 is 11.1 Å². The number of nitrogens with two attached hydrogens (primary N) is 1.